The highest BCUT2D eigenvalue weighted by Crippen LogP contribution is 2.36. The van der Waals surface area contributed by atoms with Gasteiger partial charge in [0.05, 0.1) is 18.6 Å². The Labute approximate surface area is 85.8 Å². The molecule has 0 N–H and O–H groups in total. The zero-order valence-electron chi connectivity index (χ0n) is 9.29. The van der Waals surface area contributed by atoms with E-state index in [-0.39, 0.29) is 18.0 Å². The van der Waals surface area contributed by atoms with Gasteiger partial charge in [-0.05, 0) is 25.7 Å². The van der Waals surface area contributed by atoms with Gasteiger partial charge in [-0.15, -0.1) is 0 Å². The molecule has 0 aromatic rings. The first kappa shape index (κ1) is 11.5. The van der Waals surface area contributed by atoms with Crippen LogP contribution >= 0.6 is 0 Å². The first-order valence-corrected chi connectivity index (χ1v) is 5.42. The molecule has 0 bridgehead atoms. The Morgan fingerprint density at radius 3 is 2.57 bits per heavy atom. The van der Waals surface area contributed by atoms with Gasteiger partial charge in [-0.25, -0.2) is 0 Å². The molecule has 0 aromatic heterocycles. The molecule has 1 saturated carbocycles. The maximum Gasteiger partial charge on any atom is 0.309 e. The number of ether oxygens (including phenoxy) is 2. The van der Waals surface area contributed by atoms with Crippen molar-refractivity contribution in [2.75, 3.05) is 13.7 Å². The molecule has 0 aromatic carbocycles. The fourth-order valence-corrected chi connectivity index (χ4v) is 2.26. The molecule has 3 atom stereocenters. The van der Waals surface area contributed by atoms with Crippen molar-refractivity contribution >= 4 is 5.97 Å². The van der Waals surface area contributed by atoms with Gasteiger partial charge in [0.25, 0.3) is 0 Å². The molecular weight excluding hydrogens is 180 g/mol. The monoisotopic (exact) mass is 200 g/mol. The molecule has 3 nitrogen and oxygen atoms in total. The third kappa shape index (κ3) is 2.47. The summed E-state index contributed by atoms with van der Waals surface area (Å²) in [5.74, 6) is 0.461. The van der Waals surface area contributed by atoms with Crippen LogP contribution in [-0.2, 0) is 14.3 Å². The molecule has 1 fully saturated rings. The summed E-state index contributed by atoms with van der Waals surface area (Å²) in [7, 11) is 1.71. The van der Waals surface area contributed by atoms with Gasteiger partial charge >= 0.3 is 5.97 Å². The Balaban J connectivity index is 2.54. The van der Waals surface area contributed by atoms with Crippen LogP contribution in [0, 0.1) is 11.8 Å². The summed E-state index contributed by atoms with van der Waals surface area (Å²) >= 11 is 0. The normalized spacial score (nSPS) is 31.8. The van der Waals surface area contributed by atoms with Crippen molar-refractivity contribution in [1.29, 1.82) is 0 Å². The van der Waals surface area contributed by atoms with Crippen molar-refractivity contribution in [2.24, 2.45) is 11.8 Å². The standard InChI is InChI=1S/C11H20O3/c1-4-8-6-9(13-3)7-10(8)11(12)14-5-2/h8-10H,4-7H2,1-3H3. The molecule has 0 spiro atoms. The SMILES string of the molecule is CCOC(=O)C1CC(OC)CC1CC. The highest BCUT2D eigenvalue weighted by molar-refractivity contribution is 5.73. The second-order valence-electron chi connectivity index (χ2n) is 3.86. The lowest BCUT2D eigenvalue weighted by molar-refractivity contribution is -0.149. The van der Waals surface area contributed by atoms with Crippen molar-refractivity contribution in [2.45, 2.75) is 39.2 Å². The number of carbonyl (C=O) groups is 1. The predicted molar refractivity (Wildman–Crippen MR) is 53.9 cm³/mol. The van der Waals surface area contributed by atoms with E-state index >= 15 is 0 Å². The summed E-state index contributed by atoms with van der Waals surface area (Å²) in [6, 6.07) is 0. The Hall–Kier alpha value is -0.570. The number of methoxy groups -OCH3 is 1. The number of hydrogen-bond donors (Lipinski definition) is 0. The summed E-state index contributed by atoms with van der Waals surface area (Å²) in [4.78, 5) is 11.6. The Morgan fingerprint density at radius 1 is 1.36 bits per heavy atom. The van der Waals surface area contributed by atoms with Crippen molar-refractivity contribution in [3.63, 3.8) is 0 Å². The molecule has 3 unspecified atom stereocenters. The van der Waals surface area contributed by atoms with Crippen LogP contribution in [0.25, 0.3) is 0 Å². The molecule has 0 aliphatic heterocycles. The van der Waals surface area contributed by atoms with E-state index in [4.69, 9.17) is 9.47 Å². The Bertz CT molecular complexity index is 191. The number of rotatable bonds is 4. The molecule has 1 aliphatic rings. The lowest BCUT2D eigenvalue weighted by atomic mass is 9.94. The summed E-state index contributed by atoms with van der Waals surface area (Å²) in [5, 5.41) is 0. The smallest absolute Gasteiger partial charge is 0.309 e. The summed E-state index contributed by atoms with van der Waals surface area (Å²) in [5.41, 5.74) is 0. The van der Waals surface area contributed by atoms with Crippen molar-refractivity contribution in [3.05, 3.63) is 0 Å². The first-order valence-electron chi connectivity index (χ1n) is 5.42. The van der Waals surface area contributed by atoms with Crippen LogP contribution in [0.5, 0.6) is 0 Å². The van der Waals surface area contributed by atoms with Crippen LogP contribution in [0.2, 0.25) is 0 Å². The van der Waals surface area contributed by atoms with E-state index in [1.54, 1.807) is 7.11 Å². The quantitative estimate of drug-likeness (QED) is 0.651. The summed E-state index contributed by atoms with van der Waals surface area (Å²) in [6.07, 6.45) is 3.10. The van der Waals surface area contributed by atoms with E-state index in [1.165, 1.54) is 0 Å². The van der Waals surface area contributed by atoms with Crippen molar-refractivity contribution in [3.8, 4) is 0 Å². The summed E-state index contributed by atoms with van der Waals surface area (Å²) < 4.78 is 10.4. The minimum atomic E-state index is -0.0427. The highest BCUT2D eigenvalue weighted by atomic mass is 16.5. The van der Waals surface area contributed by atoms with Crippen LogP contribution in [0.4, 0.5) is 0 Å². The molecule has 0 heterocycles. The van der Waals surface area contributed by atoms with Crippen molar-refractivity contribution in [1.82, 2.24) is 0 Å². The van der Waals surface area contributed by atoms with Crippen LogP contribution in [-0.4, -0.2) is 25.8 Å². The van der Waals surface area contributed by atoms with Crippen molar-refractivity contribution < 1.29 is 14.3 Å². The zero-order chi connectivity index (χ0) is 10.6. The molecule has 0 amide bonds. The second-order valence-corrected chi connectivity index (χ2v) is 3.86. The average molecular weight is 200 g/mol. The molecule has 14 heavy (non-hydrogen) atoms. The molecule has 1 rings (SSSR count). The molecular formula is C11H20O3. The van der Waals surface area contributed by atoms with Gasteiger partial charge in [0.2, 0.25) is 0 Å². The zero-order valence-corrected chi connectivity index (χ0v) is 9.29. The van der Waals surface area contributed by atoms with E-state index in [1.807, 2.05) is 6.92 Å². The van der Waals surface area contributed by atoms with Gasteiger partial charge in [-0.1, -0.05) is 13.3 Å². The fourth-order valence-electron chi connectivity index (χ4n) is 2.26. The Morgan fingerprint density at radius 2 is 2.07 bits per heavy atom. The van der Waals surface area contributed by atoms with Gasteiger partial charge in [-0.3, -0.25) is 4.79 Å². The van der Waals surface area contributed by atoms with E-state index in [0.29, 0.717) is 12.5 Å². The maximum absolute atomic E-state index is 11.6. The molecule has 3 heteroatoms. The minimum Gasteiger partial charge on any atom is -0.466 e. The minimum absolute atomic E-state index is 0.0427. The molecule has 0 saturated heterocycles. The van der Waals surface area contributed by atoms with Crippen LogP contribution in [0.15, 0.2) is 0 Å². The van der Waals surface area contributed by atoms with Crippen LogP contribution < -0.4 is 0 Å². The third-order valence-corrected chi connectivity index (χ3v) is 3.10. The van der Waals surface area contributed by atoms with Crippen LogP contribution in [0.1, 0.15) is 33.1 Å². The predicted octanol–water partition coefficient (Wildman–Crippen LogP) is 2.00. The Kier molecular flexibility index (Phi) is 4.39. The van der Waals surface area contributed by atoms with Crippen LogP contribution in [0.3, 0.4) is 0 Å². The topological polar surface area (TPSA) is 35.5 Å². The van der Waals surface area contributed by atoms with Gasteiger partial charge in [0, 0.05) is 7.11 Å². The molecule has 1 aliphatic carbocycles. The first-order chi connectivity index (χ1) is 6.72. The molecule has 0 radical (unpaired) electrons. The summed E-state index contributed by atoms with van der Waals surface area (Å²) in [6.45, 7) is 4.44. The van der Waals surface area contributed by atoms with E-state index < -0.39 is 0 Å². The second kappa shape index (κ2) is 5.35. The van der Waals surface area contributed by atoms with E-state index in [0.717, 1.165) is 19.3 Å². The van der Waals surface area contributed by atoms with E-state index in [2.05, 4.69) is 6.92 Å². The number of esters is 1. The molecule has 82 valence electrons. The number of carbonyl (C=O) groups excluding carboxylic acids is 1. The third-order valence-electron chi connectivity index (χ3n) is 3.10. The highest BCUT2D eigenvalue weighted by Gasteiger charge is 2.38. The van der Waals surface area contributed by atoms with Gasteiger partial charge < -0.3 is 9.47 Å². The lowest BCUT2D eigenvalue weighted by Crippen LogP contribution is -2.21. The average Bonchev–Trinajstić information content (AvgIpc) is 2.61. The van der Waals surface area contributed by atoms with Gasteiger partial charge in [0.15, 0.2) is 0 Å². The number of hydrogen-bond acceptors (Lipinski definition) is 3. The van der Waals surface area contributed by atoms with Gasteiger partial charge in [-0.2, -0.15) is 0 Å². The maximum atomic E-state index is 11.6. The van der Waals surface area contributed by atoms with Gasteiger partial charge in [0.1, 0.15) is 0 Å². The largest absolute Gasteiger partial charge is 0.466 e. The van der Waals surface area contributed by atoms with E-state index in [9.17, 15) is 4.79 Å². The lowest BCUT2D eigenvalue weighted by Gasteiger charge is -2.15. The fraction of sp³-hybridized carbons (Fsp3) is 0.909.